The fraction of sp³-hybridized carbons (Fsp3) is 0.0769. The van der Waals surface area contributed by atoms with Gasteiger partial charge in [-0.05, 0) is 25.1 Å². The Morgan fingerprint density at radius 3 is 2.06 bits per heavy atom. The van der Waals surface area contributed by atoms with E-state index in [4.69, 9.17) is 10.8 Å². The minimum atomic E-state index is -0.630. The summed E-state index contributed by atoms with van der Waals surface area (Å²) < 4.78 is 0. The Labute approximate surface area is 105 Å². The predicted molar refractivity (Wildman–Crippen MR) is 70.4 cm³/mol. The van der Waals surface area contributed by atoms with Crippen LogP contribution in [0.1, 0.15) is 5.56 Å². The highest BCUT2D eigenvalue weighted by Crippen LogP contribution is 2.23. The van der Waals surface area contributed by atoms with Crippen LogP contribution >= 0.6 is 0 Å². The van der Waals surface area contributed by atoms with Gasteiger partial charge < -0.3 is 10.8 Å². The number of benzene rings is 2. The lowest BCUT2D eigenvalue weighted by Crippen LogP contribution is -1.86. The number of nitro benzene ring substituents is 1. The van der Waals surface area contributed by atoms with E-state index in [0.29, 0.717) is 0 Å². The van der Waals surface area contributed by atoms with Crippen molar-refractivity contribution >= 4 is 11.4 Å². The van der Waals surface area contributed by atoms with Crippen molar-refractivity contribution in [2.75, 3.05) is 5.73 Å². The minimum absolute atomic E-state index is 0.262. The van der Waals surface area contributed by atoms with E-state index in [1.54, 1.807) is 0 Å². The Balaban J connectivity index is 0.000000184. The lowest BCUT2D eigenvalue weighted by Gasteiger charge is -1.91. The first-order valence-corrected chi connectivity index (χ1v) is 5.25. The van der Waals surface area contributed by atoms with Crippen LogP contribution in [0.4, 0.5) is 11.4 Å². The molecule has 0 saturated heterocycles. The Bertz CT molecular complexity index is 503. The summed E-state index contributed by atoms with van der Waals surface area (Å²) in [5, 5.41) is 18.9. The highest BCUT2D eigenvalue weighted by Gasteiger charge is 2.09. The van der Waals surface area contributed by atoms with Gasteiger partial charge in [0.15, 0.2) is 5.75 Å². The van der Waals surface area contributed by atoms with E-state index >= 15 is 0 Å². The third-order valence-corrected chi connectivity index (χ3v) is 2.16. The van der Waals surface area contributed by atoms with Gasteiger partial charge in [-0.1, -0.05) is 29.8 Å². The first-order chi connectivity index (χ1) is 8.50. The number of phenolic OH excluding ortho intramolecular Hbond substituents is 1. The fourth-order valence-electron chi connectivity index (χ4n) is 1.19. The van der Waals surface area contributed by atoms with Gasteiger partial charge in [0.2, 0.25) is 0 Å². The lowest BCUT2D eigenvalue weighted by atomic mass is 10.2. The van der Waals surface area contributed by atoms with Gasteiger partial charge in [0.25, 0.3) is 0 Å². The average molecular weight is 246 g/mol. The highest BCUT2D eigenvalue weighted by atomic mass is 16.6. The van der Waals surface area contributed by atoms with E-state index in [9.17, 15) is 10.1 Å². The van der Waals surface area contributed by atoms with E-state index in [-0.39, 0.29) is 11.4 Å². The molecule has 0 aliphatic rings. The second kappa shape index (κ2) is 6.24. The molecule has 3 N–H and O–H groups in total. The molecule has 0 aromatic heterocycles. The number of nitrogen functional groups attached to an aromatic ring is 1. The van der Waals surface area contributed by atoms with Gasteiger partial charge in [-0.15, -0.1) is 0 Å². The Morgan fingerprint density at radius 1 is 1.11 bits per heavy atom. The number of rotatable bonds is 1. The standard InChI is InChI=1S/C7H9N.C6H5NO3/c1-6-2-4-7(8)5-3-6;8-6-4-2-1-3-5(6)7(9)10/h2-5H,8H2,1H3;1-4,8H. The van der Waals surface area contributed by atoms with Crippen molar-refractivity contribution in [3.05, 3.63) is 64.2 Å². The van der Waals surface area contributed by atoms with Crippen LogP contribution in [0.3, 0.4) is 0 Å². The Hall–Kier alpha value is -2.56. The van der Waals surface area contributed by atoms with Crippen LogP contribution in [-0.4, -0.2) is 10.0 Å². The molecule has 2 aromatic carbocycles. The van der Waals surface area contributed by atoms with E-state index < -0.39 is 4.92 Å². The summed E-state index contributed by atoms with van der Waals surface area (Å²) in [6, 6.07) is 13.3. The molecule has 18 heavy (non-hydrogen) atoms. The predicted octanol–water partition coefficient (Wildman–Crippen LogP) is 2.88. The number of nitrogens with zero attached hydrogens (tertiary/aromatic N) is 1. The smallest absolute Gasteiger partial charge is 0.310 e. The molecule has 0 bridgehead atoms. The van der Waals surface area contributed by atoms with E-state index in [0.717, 1.165) is 5.69 Å². The minimum Gasteiger partial charge on any atom is -0.502 e. The SMILES string of the molecule is Cc1ccc(N)cc1.O=[N+]([O-])c1ccccc1O. The van der Waals surface area contributed by atoms with Crippen molar-refractivity contribution in [2.24, 2.45) is 0 Å². The molecule has 0 unspecified atom stereocenters. The second-order valence-electron chi connectivity index (χ2n) is 3.66. The number of para-hydroxylation sites is 2. The summed E-state index contributed by atoms with van der Waals surface area (Å²) in [5.74, 6) is -0.299. The zero-order chi connectivity index (χ0) is 13.5. The molecule has 0 radical (unpaired) electrons. The molecule has 5 heteroatoms. The van der Waals surface area contributed by atoms with Crippen molar-refractivity contribution in [3.8, 4) is 5.75 Å². The molecule has 94 valence electrons. The molecule has 2 aromatic rings. The Morgan fingerprint density at radius 2 is 1.67 bits per heavy atom. The normalized spacial score (nSPS) is 9.17. The number of hydrogen-bond donors (Lipinski definition) is 2. The topological polar surface area (TPSA) is 89.4 Å². The maximum absolute atomic E-state index is 10.1. The maximum atomic E-state index is 10.1. The first kappa shape index (κ1) is 13.5. The van der Waals surface area contributed by atoms with Crippen molar-refractivity contribution < 1.29 is 10.0 Å². The van der Waals surface area contributed by atoms with Crippen LogP contribution in [-0.2, 0) is 0 Å². The van der Waals surface area contributed by atoms with Crippen LogP contribution in [0.2, 0.25) is 0 Å². The summed E-state index contributed by atoms with van der Waals surface area (Å²) in [7, 11) is 0. The van der Waals surface area contributed by atoms with Gasteiger partial charge in [-0.3, -0.25) is 10.1 Å². The number of anilines is 1. The number of nitrogens with two attached hydrogens (primary N) is 1. The van der Waals surface area contributed by atoms with Crippen LogP contribution in [0, 0.1) is 17.0 Å². The first-order valence-electron chi connectivity index (χ1n) is 5.25. The van der Waals surface area contributed by atoms with Gasteiger partial charge in [-0.25, -0.2) is 0 Å². The third-order valence-electron chi connectivity index (χ3n) is 2.16. The van der Waals surface area contributed by atoms with Crippen LogP contribution in [0.25, 0.3) is 0 Å². The highest BCUT2D eigenvalue weighted by molar-refractivity contribution is 5.44. The monoisotopic (exact) mass is 246 g/mol. The van der Waals surface area contributed by atoms with Crippen LogP contribution in [0.15, 0.2) is 48.5 Å². The molecule has 0 saturated carbocycles. The number of nitro groups is 1. The molecule has 0 heterocycles. The molecule has 0 aliphatic heterocycles. The van der Waals surface area contributed by atoms with E-state index in [2.05, 4.69) is 0 Å². The van der Waals surface area contributed by atoms with Crippen molar-refractivity contribution in [1.82, 2.24) is 0 Å². The van der Waals surface area contributed by atoms with Crippen molar-refractivity contribution in [3.63, 3.8) is 0 Å². The molecule has 0 spiro atoms. The largest absolute Gasteiger partial charge is 0.502 e. The van der Waals surface area contributed by atoms with Gasteiger partial charge in [-0.2, -0.15) is 0 Å². The van der Waals surface area contributed by atoms with E-state index in [1.165, 1.54) is 29.8 Å². The number of aryl methyl sites for hydroxylation is 1. The molecule has 2 rings (SSSR count). The number of phenols is 1. The molecule has 0 aliphatic carbocycles. The molecular formula is C13H14N2O3. The second-order valence-corrected chi connectivity index (χ2v) is 3.66. The number of hydrogen-bond acceptors (Lipinski definition) is 4. The average Bonchev–Trinajstić information content (AvgIpc) is 2.34. The maximum Gasteiger partial charge on any atom is 0.310 e. The molecule has 0 atom stereocenters. The summed E-state index contributed by atoms with van der Waals surface area (Å²) in [5.41, 5.74) is 7.24. The van der Waals surface area contributed by atoms with Gasteiger partial charge in [0, 0.05) is 11.8 Å². The lowest BCUT2D eigenvalue weighted by molar-refractivity contribution is -0.385. The quantitative estimate of drug-likeness (QED) is 0.460. The van der Waals surface area contributed by atoms with Gasteiger partial charge in [0.1, 0.15) is 0 Å². The summed E-state index contributed by atoms with van der Waals surface area (Å²) in [6.07, 6.45) is 0. The van der Waals surface area contributed by atoms with Crippen molar-refractivity contribution in [2.45, 2.75) is 6.92 Å². The molecule has 0 fully saturated rings. The molecular weight excluding hydrogens is 232 g/mol. The third kappa shape index (κ3) is 4.13. The molecule has 5 nitrogen and oxygen atoms in total. The number of aromatic hydroxyl groups is 1. The molecule has 0 amide bonds. The van der Waals surface area contributed by atoms with E-state index in [1.807, 2.05) is 31.2 Å². The van der Waals surface area contributed by atoms with Crippen molar-refractivity contribution in [1.29, 1.82) is 0 Å². The van der Waals surface area contributed by atoms with Gasteiger partial charge in [0.05, 0.1) is 4.92 Å². The fourth-order valence-corrected chi connectivity index (χ4v) is 1.19. The van der Waals surface area contributed by atoms with Crippen LogP contribution in [0.5, 0.6) is 5.75 Å². The van der Waals surface area contributed by atoms with Crippen LogP contribution < -0.4 is 5.73 Å². The Kier molecular flexibility index (Phi) is 4.68. The summed E-state index contributed by atoms with van der Waals surface area (Å²) >= 11 is 0. The summed E-state index contributed by atoms with van der Waals surface area (Å²) in [6.45, 7) is 2.04. The van der Waals surface area contributed by atoms with Gasteiger partial charge >= 0.3 is 5.69 Å². The zero-order valence-electron chi connectivity index (χ0n) is 9.91. The zero-order valence-corrected chi connectivity index (χ0v) is 9.91. The summed E-state index contributed by atoms with van der Waals surface area (Å²) in [4.78, 5) is 9.44.